The van der Waals surface area contributed by atoms with Gasteiger partial charge in [-0.3, -0.25) is 4.98 Å². The Labute approximate surface area is 80.4 Å². The van der Waals surface area contributed by atoms with Crippen LogP contribution in [0.2, 0.25) is 5.02 Å². The maximum atomic E-state index is 8.82. The zero-order valence-corrected chi connectivity index (χ0v) is 7.42. The Hall–Kier alpha value is -1.59. The first-order chi connectivity index (χ1) is 6.33. The number of nitriles is 1. The van der Waals surface area contributed by atoms with Crippen molar-refractivity contribution in [2.75, 3.05) is 0 Å². The minimum atomic E-state index is 0.565. The molecule has 2 aromatic rings. The summed E-state index contributed by atoms with van der Waals surface area (Å²) in [6.07, 6.45) is 1.63. The molecule has 1 aromatic heterocycles. The molecule has 0 unspecified atom stereocenters. The molecular weight excluding hydrogens is 184 g/mol. The van der Waals surface area contributed by atoms with Crippen molar-refractivity contribution in [3.05, 3.63) is 41.0 Å². The van der Waals surface area contributed by atoms with Gasteiger partial charge in [0.2, 0.25) is 0 Å². The van der Waals surface area contributed by atoms with Crippen molar-refractivity contribution in [2.24, 2.45) is 0 Å². The molecule has 3 heteroatoms. The standard InChI is InChI=1S/C10H5ClN2/c11-8-4-5-13-9-3-1-2-7(6-12)10(8)9/h1-5H. The Kier molecular flexibility index (Phi) is 1.88. The van der Waals surface area contributed by atoms with Crippen LogP contribution in [0.15, 0.2) is 30.5 Å². The molecule has 0 aliphatic rings. The van der Waals surface area contributed by atoms with Crippen LogP contribution < -0.4 is 0 Å². The molecule has 0 aliphatic heterocycles. The van der Waals surface area contributed by atoms with Crippen LogP contribution in [0, 0.1) is 11.3 Å². The topological polar surface area (TPSA) is 36.7 Å². The molecule has 0 N–H and O–H groups in total. The summed E-state index contributed by atoms with van der Waals surface area (Å²) in [6, 6.07) is 9.13. The van der Waals surface area contributed by atoms with E-state index in [9.17, 15) is 0 Å². The van der Waals surface area contributed by atoms with Crippen molar-refractivity contribution in [1.29, 1.82) is 5.26 Å². The van der Waals surface area contributed by atoms with Gasteiger partial charge in [-0.25, -0.2) is 0 Å². The summed E-state index contributed by atoms with van der Waals surface area (Å²) in [7, 11) is 0. The molecule has 2 nitrogen and oxygen atoms in total. The molecule has 0 saturated heterocycles. The lowest BCUT2D eigenvalue weighted by Gasteiger charge is -1.99. The third kappa shape index (κ3) is 1.24. The van der Waals surface area contributed by atoms with Crippen molar-refractivity contribution in [2.45, 2.75) is 0 Å². The lowest BCUT2D eigenvalue weighted by Crippen LogP contribution is -1.83. The quantitative estimate of drug-likeness (QED) is 0.638. The minimum absolute atomic E-state index is 0.565. The maximum Gasteiger partial charge on any atom is 0.0999 e. The lowest BCUT2D eigenvalue weighted by molar-refractivity contribution is 1.40. The largest absolute Gasteiger partial charge is 0.256 e. The van der Waals surface area contributed by atoms with Crippen LogP contribution in [0.5, 0.6) is 0 Å². The smallest absolute Gasteiger partial charge is 0.0999 e. The first-order valence-corrected chi connectivity index (χ1v) is 4.14. The van der Waals surface area contributed by atoms with Gasteiger partial charge in [0, 0.05) is 11.6 Å². The highest BCUT2D eigenvalue weighted by Gasteiger charge is 2.03. The zero-order valence-electron chi connectivity index (χ0n) is 6.66. The van der Waals surface area contributed by atoms with Crippen LogP contribution in [0.4, 0.5) is 0 Å². The van der Waals surface area contributed by atoms with E-state index in [1.807, 2.05) is 6.07 Å². The summed E-state index contributed by atoms with van der Waals surface area (Å²) >= 11 is 5.95. The Morgan fingerprint density at radius 3 is 2.92 bits per heavy atom. The van der Waals surface area contributed by atoms with E-state index in [1.165, 1.54) is 0 Å². The van der Waals surface area contributed by atoms with E-state index >= 15 is 0 Å². The van der Waals surface area contributed by atoms with Gasteiger partial charge in [-0.1, -0.05) is 17.7 Å². The van der Waals surface area contributed by atoms with Gasteiger partial charge < -0.3 is 0 Å². The summed E-state index contributed by atoms with van der Waals surface area (Å²) in [6.45, 7) is 0. The first-order valence-electron chi connectivity index (χ1n) is 3.76. The minimum Gasteiger partial charge on any atom is -0.256 e. The van der Waals surface area contributed by atoms with Crippen molar-refractivity contribution < 1.29 is 0 Å². The van der Waals surface area contributed by atoms with E-state index < -0.39 is 0 Å². The molecule has 0 radical (unpaired) electrons. The van der Waals surface area contributed by atoms with Gasteiger partial charge in [-0.15, -0.1) is 0 Å². The molecule has 1 heterocycles. The fraction of sp³-hybridized carbons (Fsp3) is 0. The summed E-state index contributed by atoms with van der Waals surface area (Å²) in [4.78, 5) is 4.12. The number of hydrogen-bond donors (Lipinski definition) is 0. The third-order valence-electron chi connectivity index (χ3n) is 1.84. The van der Waals surface area contributed by atoms with Gasteiger partial charge in [0.15, 0.2) is 0 Å². The molecule has 62 valence electrons. The number of halogens is 1. The summed E-state index contributed by atoms with van der Waals surface area (Å²) in [5.41, 5.74) is 1.32. The van der Waals surface area contributed by atoms with E-state index in [-0.39, 0.29) is 0 Å². The van der Waals surface area contributed by atoms with E-state index in [0.717, 1.165) is 10.9 Å². The predicted molar refractivity (Wildman–Crippen MR) is 51.5 cm³/mol. The Morgan fingerprint density at radius 2 is 2.15 bits per heavy atom. The predicted octanol–water partition coefficient (Wildman–Crippen LogP) is 2.76. The zero-order chi connectivity index (χ0) is 9.26. The molecule has 0 bridgehead atoms. The second kappa shape index (κ2) is 3.04. The van der Waals surface area contributed by atoms with Gasteiger partial charge in [-0.05, 0) is 18.2 Å². The summed E-state index contributed by atoms with van der Waals surface area (Å²) < 4.78 is 0. The molecule has 0 amide bonds. The van der Waals surface area contributed by atoms with Crippen LogP contribution in [-0.2, 0) is 0 Å². The van der Waals surface area contributed by atoms with Crippen LogP contribution in [0.25, 0.3) is 10.9 Å². The Bertz CT molecular complexity index is 494. The van der Waals surface area contributed by atoms with Gasteiger partial charge >= 0.3 is 0 Å². The molecule has 0 atom stereocenters. The maximum absolute atomic E-state index is 8.82. The number of benzene rings is 1. The van der Waals surface area contributed by atoms with Crippen LogP contribution in [0.3, 0.4) is 0 Å². The molecule has 0 spiro atoms. The summed E-state index contributed by atoms with van der Waals surface area (Å²) in [5, 5.41) is 10.1. The molecule has 0 aliphatic carbocycles. The lowest BCUT2D eigenvalue weighted by atomic mass is 10.1. The van der Waals surface area contributed by atoms with E-state index in [0.29, 0.717) is 10.6 Å². The number of aromatic nitrogens is 1. The van der Waals surface area contributed by atoms with Gasteiger partial charge in [0.25, 0.3) is 0 Å². The molecule has 2 rings (SSSR count). The average Bonchev–Trinajstić information content (AvgIpc) is 2.17. The van der Waals surface area contributed by atoms with E-state index in [1.54, 1.807) is 24.4 Å². The highest BCUT2D eigenvalue weighted by molar-refractivity contribution is 6.35. The normalized spacial score (nSPS) is 9.85. The monoisotopic (exact) mass is 188 g/mol. The van der Waals surface area contributed by atoms with E-state index in [4.69, 9.17) is 16.9 Å². The fourth-order valence-corrected chi connectivity index (χ4v) is 1.51. The van der Waals surface area contributed by atoms with Crippen LogP contribution in [-0.4, -0.2) is 4.98 Å². The van der Waals surface area contributed by atoms with Gasteiger partial charge in [-0.2, -0.15) is 5.26 Å². The van der Waals surface area contributed by atoms with Crippen LogP contribution >= 0.6 is 11.6 Å². The number of hydrogen-bond acceptors (Lipinski definition) is 2. The average molecular weight is 189 g/mol. The number of nitrogens with zero attached hydrogens (tertiary/aromatic N) is 2. The van der Waals surface area contributed by atoms with Crippen molar-refractivity contribution in [3.8, 4) is 6.07 Å². The van der Waals surface area contributed by atoms with E-state index in [2.05, 4.69) is 11.1 Å². The van der Waals surface area contributed by atoms with Gasteiger partial charge in [0.05, 0.1) is 22.2 Å². The highest BCUT2D eigenvalue weighted by atomic mass is 35.5. The molecule has 0 saturated carbocycles. The SMILES string of the molecule is N#Cc1cccc2nccc(Cl)c12. The number of rotatable bonds is 0. The van der Waals surface area contributed by atoms with Gasteiger partial charge in [0.1, 0.15) is 0 Å². The molecular formula is C10H5ClN2. The Morgan fingerprint density at radius 1 is 1.31 bits per heavy atom. The van der Waals surface area contributed by atoms with Crippen molar-refractivity contribution in [1.82, 2.24) is 4.98 Å². The molecule has 13 heavy (non-hydrogen) atoms. The molecule has 0 fully saturated rings. The van der Waals surface area contributed by atoms with Crippen molar-refractivity contribution >= 4 is 22.5 Å². The second-order valence-corrected chi connectivity index (χ2v) is 3.01. The fourth-order valence-electron chi connectivity index (χ4n) is 1.26. The summed E-state index contributed by atoms with van der Waals surface area (Å²) in [5.74, 6) is 0. The Balaban J connectivity index is 2.97. The number of pyridine rings is 1. The molecule has 1 aromatic carbocycles. The van der Waals surface area contributed by atoms with Crippen molar-refractivity contribution in [3.63, 3.8) is 0 Å². The highest BCUT2D eigenvalue weighted by Crippen LogP contribution is 2.24. The van der Waals surface area contributed by atoms with Crippen LogP contribution in [0.1, 0.15) is 5.56 Å². The number of fused-ring (bicyclic) bond motifs is 1. The first kappa shape index (κ1) is 8.03. The third-order valence-corrected chi connectivity index (χ3v) is 2.15. The second-order valence-electron chi connectivity index (χ2n) is 2.60.